The zero-order valence-electron chi connectivity index (χ0n) is 25.8. The van der Waals surface area contributed by atoms with Crippen molar-refractivity contribution in [2.24, 2.45) is 57.7 Å². The minimum Gasteiger partial charge on any atom is -0.481 e. The van der Waals surface area contributed by atoms with Crippen LogP contribution in [-0.2, 0) is 14.4 Å². The van der Waals surface area contributed by atoms with Crippen molar-refractivity contribution in [3.63, 3.8) is 0 Å². The van der Waals surface area contributed by atoms with Gasteiger partial charge in [0.05, 0.1) is 30.7 Å². The Kier molecular flexibility index (Phi) is 10.3. The van der Waals surface area contributed by atoms with Gasteiger partial charge < -0.3 is 30.6 Å². The van der Waals surface area contributed by atoms with E-state index in [0.717, 1.165) is 44.9 Å². The Morgan fingerprint density at radius 2 is 1.51 bits per heavy atom. The molecule has 4 saturated carbocycles. The largest absolute Gasteiger partial charge is 0.481 e. The highest BCUT2D eigenvalue weighted by atomic mass is 16.4. The molecule has 0 aromatic heterocycles. The molecule has 4 aliphatic carbocycles. The molecule has 9 heteroatoms. The number of carbonyl (C=O) groups is 3. The smallest absolute Gasteiger partial charge is 0.307 e. The van der Waals surface area contributed by atoms with E-state index in [1.54, 1.807) is 20.8 Å². The molecule has 0 aromatic rings. The van der Waals surface area contributed by atoms with Crippen molar-refractivity contribution in [2.45, 2.75) is 124 Å². The van der Waals surface area contributed by atoms with Crippen LogP contribution in [0.3, 0.4) is 0 Å². The number of hydrogen-bond donors (Lipinski definition) is 6. The van der Waals surface area contributed by atoms with Crippen LogP contribution in [0.5, 0.6) is 0 Å². The summed E-state index contributed by atoms with van der Waals surface area (Å²) in [5.41, 5.74) is -0.653. The molecule has 4 rings (SSSR count). The number of rotatable bonds is 7. The fourth-order valence-electron chi connectivity index (χ4n) is 9.62. The van der Waals surface area contributed by atoms with Gasteiger partial charge in [-0.2, -0.15) is 0 Å². The lowest BCUT2D eigenvalue weighted by molar-refractivity contribution is -0.207. The lowest BCUT2D eigenvalue weighted by atomic mass is 9.43. The molecule has 0 spiro atoms. The summed E-state index contributed by atoms with van der Waals surface area (Å²) in [5.74, 6) is -1.95. The van der Waals surface area contributed by atoms with Gasteiger partial charge in [0.15, 0.2) is 0 Å². The predicted octanol–water partition coefficient (Wildman–Crippen LogP) is 4.66. The van der Waals surface area contributed by atoms with Crippen LogP contribution in [0, 0.1) is 57.7 Å². The molecule has 0 amide bonds. The van der Waals surface area contributed by atoms with Crippen molar-refractivity contribution in [3.8, 4) is 0 Å². The molecule has 0 aromatic carbocycles. The molecule has 4 aliphatic rings. The maximum absolute atomic E-state index is 11.5. The standard InChI is InChI=1S/C24H40O5.C8H14O4/c1-13(4-7-21(28)29)16-5-6-17-22-18(12-20(27)24(16,17)3)23(2)9-8-15(25)10-14(23)11-19(22)26;1-8(2,3)5(7(11)12)4-6(9)10/h13-20,22,25-27H,4-12H2,1-3H3,(H,28,29);5H,4H2,1-3H3,(H,9,10)(H,11,12)/t13-,14+,15-,16-,17+,18+,19-,20+,22+,23+,24-;/m1./s1. The van der Waals surface area contributed by atoms with Gasteiger partial charge in [0.1, 0.15) is 0 Å². The summed E-state index contributed by atoms with van der Waals surface area (Å²) >= 11 is 0. The number of aliphatic hydroxyl groups is 3. The molecule has 4 fully saturated rings. The number of carboxylic acid groups (broad SMARTS) is 3. The second-order valence-corrected chi connectivity index (χ2v) is 15.3. The average molecular weight is 583 g/mol. The topological polar surface area (TPSA) is 173 Å². The van der Waals surface area contributed by atoms with Gasteiger partial charge in [-0.05, 0) is 103 Å². The van der Waals surface area contributed by atoms with Crippen molar-refractivity contribution in [1.29, 1.82) is 0 Å². The highest BCUT2D eigenvalue weighted by molar-refractivity contribution is 5.78. The van der Waals surface area contributed by atoms with Crippen LogP contribution in [0.2, 0.25) is 0 Å². The summed E-state index contributed by atoms with van der Waals surface area (Å²) in [4.78, 5) is 32.0. The normalized spacial score (nSPS) is 41.5. The molecule has 0 aliphatic heterocycles. The third-order valence-corrected chi connectivity index (χ3v) is 12.1. The van der Waals surface area contributed by atoms with Crippen molar-refractivity contribution in [3.05, 3.63) is 0 Å². The Morgan fingerprint density at radius 3 is 2.02 bits per heavy atom. The molecule has 12 atom stereocenters. The van der Waals surface area contributed by atoms with Crippen LogP contribution in [0.4, 0.5) is 0 Å². The second kappa shape index (κ2) is 12.5. The van der Waals surface area contributed by atoms with Crippen molar-refractivity contribution in [1.82, 2.24) is 0 Å². The first kappa shape index (κ1) is 33.8. The number of aliphatic carboxylic acids is 3. The van der Waals surface area contributed by atoms with E-state index in [9.17, 15) is 29.7 Å². The zero-order chi connectivity index (χ0) is 31.1. The monoisotopic (exact) mass is 582 g/mol. The minimum absolute atomic E-state index is 0.0957. The van der Waals surface area contributed by atoms with Gasteiger partial charge in [0.25, 0.3) is 0 Å². The third-order valence-electron chi connectivity index (χ3n) is 12.1. The summed E-state index contributed by atoms with van der Waals surface area (Å²) in [6.07, 6.45) is 5.68. The SMILES string of the molecule is CC(C)(C)C(CC(=O)O)C(=O)O.C[C@H](CCC(=O)O)[C@H]1CC[C@H]2[C@@H]3[C@H](O)C[C@@H]4C[C@H](O)CC[C@]4(C)[C@H]3C[C@H](O)[C@]12C. The maximum Gasteiger partial charge on any atom is 0.307 e. The summed E-state index contributed by atoms with van der Waals surface area (Å²) in [7, 11) is 0. The van der Waals surface area contributed by atoms with E-state index in [-0.39, 0.29) is 47.7 Å². The van der Waals surface area contributed by atoms with Gasteiger partial charge in [0, 0.05) is 6.42 Å². The van der Waals surface area contributed by atoms with Crippen LogP contribution in [0.15, 0.2) is 0 Å². The van der Waals surface area contributed by atoms with E-state index >= 15 is 0 Å². The van der Waals surface area contributed by atoms with Gasteiger partial charge in [-0.1, -0.05) is 41.5 Å². The maximum atomic E-state index is 11.5. The summed E-state index contributed by atoms with van der Waals surface area (Å²) < 4.78 is 0. The van der Waals surface area contributed by atoms with Crippen LogP contribution in [0.25, 0.3) is 0 Å². The Balaban J connectivity index is 0.000000327. The lowest BCUT2D eigenvalue weighted by Crippen LogP contribution is -2.62. The molecule has 9 nitrogen and oxygen atoms in total. The zero-order valence-corrected chi connectivity index (χ0v) is 25.8. The van der Waals surface area contributed by atoms with Gasteiger partial charge in [-0.3, -0.25) is 14.4 Å². The van der Waals surface area contributed by atoms with Gasteiger partial charge in [-0.25, -0.2) is 0 Å². The summed E-state index contributed by atoms with van der Waals surface area (Å²) in [6.45, 7) is 11.9. The highest BCUT2D eigenvalue weighted by Crippen LogP contribution is 2.68. The Bertz CT molecular complexity index is 959. The van der Waals surface area contributed by atoms with Gasteiger partial charge >= 0.3 is 17.9 Å². The highest BCUT2D eigenvalue weighted by Gasteiger charge is 2.65. The molecule has 0 saturated heterocycles. The molecule has 0 bridgehead atoms. The number of aliphatic hydroxyl groups excluding tert-OH is 3. The molecule has 0 radical (unpaired) electrons. The van der Waals surface area contributed by atoms with Gasteiger partial charge in [0.2, 0.25) is 0 Å². The fourth-order valence-corrected chi connectivity index (χ4v) is 9.62. The fraction of sp³-hybridized carbons (Fsp3) is 0.906. The molecule has 236 valence electrons. The average Bonchev–Trinajstić information content (AvgIpc) is 3.20. The first-order valence-electron chi connectivity index (χ1n) is 15.5. The van der Waals surface area contributed by atoms with Crippen molar-refractivity contribution in [2.75, 3.05) is 0 Å². The lowest BCUT2D eigenvalue weighted by Gasteiger charge is -2.63. The van der Waals surface area contributed by atoms with Crippen LogP contribution < -0.4 is 0 Å². The van der Waals surface area contributed by atoms with E-state index in [4.69, 9.17) is 15.3 Å². The third kappa shape index (κ3) is 6.77. The Morgan fingerprint density at radius 1 is 0.878 bits per heavy atom. The van der Waals surface area contributed by atoms with Crippen LogP contribution in [0.1, 0.15) is 106 Å². The summed E-state index contributed by atoms with van der Waals surface area (Å²) in [6, 6.07) is 0. The van der Waals surface area contributed by atoms with Crippen molar-refractivity contribution >= 4 is 17.9 Å². The van der Waals surface area contributed by atoms with Crippen LogP contribution in [-0.4, -0.2) is 66.9 Å². The molecule has 41 heavy (non-hydrogen) atoms. The van der Waals surface area contributed by atoms with E-state index in [1.165, 1.54) is 0 Å². The second-order valence-electron chi connectivity index (χ2n) is 15.3. The quantitative estimate of drug-likeness (QED) is 0.250. The molecule has 0 heterocycles. The molecule has 6 N–H and O–H groups in total. The predicted molar refractivity (Wildman–Crippen MR) is 153 cm³/mol. The van der Waals surface area contributed by atoms with Crippen molar-refractivity contribution < 1.29 is 45.0 Å². The first-order valence-corrected chi connectivity index (χ1v) is 15.5. The number of hydrogen-bond acceptors (Lipinski definition) is 6. The summed E-state index contributed by atoms with van der Waals surface area (Å²) in [5, 5.41) is 59.1. The molecular weight excluding hydrogens is 528 g/mol. The minimum atomic E-state index is -1.07. The molecule has 1 unspecified atom stereocenters. The number of carboxylic acids is 3. The van der Waals surface area contributed by atoms with E-state index in [0.29, 0.717) is 30.1 Å². The molecular formula is C32H54O9. The van der Waals surface area contributed by atoms with Gasteiger partial charge in [-0.15, -0.1) is 0 Å². The Labute approximate surface area is 244 Å². The van der Waals surface area contributed by atoms with E-state index < -0.39 is 35.3 Å². The van der Waals surface area contributed by atoms with E-state index in [1.807, 2.05) is 0 Å². The van der Waals surface area contributed by atoms with Crippen LogP contribution >= 0.6 is 0 Å². The number of fused-ring (bicyclic) bond motifs is 5. The Hall–Kier alpha value is -1.71. The first-order chi connectivity index (χ1) is 18.8. The van der Waals surface area contributed by atoms with E-state index in [2.05, 4.69) is 20.8 Å².